The Morgan fingerprint density at radius 2 is 2.22 bits per heavy atom. The van der Waals surface area contributed by atoms with Crippen LogP contribution in [0.1, 0.15) is 63.9 Å². The monoisotopic (exact) mass is 250 g/mol. The highest BCUT2D eigenvalue weighted by atomic mass is 16.3. The molecule has 0 bridgehead atoms. The van der Waals surface area contributed by atoms with Crippen molar-refractivity contribution in [3.63, 3.8) is 0 Å². The van der Waals surface area contributed by atoms with Gasteiger partial charge in [0.05, 0.1) is 17.5 Å². The van der Waals surface area contributed by atoms with Crippen molar-refractivity contribution >= 4 is 0 Å². The maximum absolute atomic E-state index is 10.6. The first kappa shape index (κ1) is 13.6. The van der Waals surface area contributed by atoms with Crippen LogP contribution in [-0.4, -0.2) is 14.9 Å². The Morgan fingerprint density at radius 3 is 2.83 bits per heavy atom. The Labute approximate surface area is 110 Å². The van der Waals surface area contributed by atoms with E-state index < -0.39 is 0 Å². The highest BCUT2D eigenvalue weighted by Crippen LogP contribution is 2.37. The molecule has 0 radical (unpaired) electrons. The fraction of sp³-hybridized carbons (Fsp3) is 0.800. The van der Waals surface area contributed by atoms with E-state index in [2.05, 4.69) is 31.9 Å². The van der Waals surface area contributed by atoms with Crippen molar-refractivity contribution in [3.05, 3.63) is 17.5 Å². The van der Waals surface area contributed by atoms with Crippen molar-refractivity contribution in [2.75, 3.05) is 0 Å². The van der Waals surface area contributed by atoms with E-state index in [4.69, 9.17) is 0 Å². The van der Waals surface area contributed by atoms with Crippen molar-refractivity contribution in [2.24, 2.45) is 11.8 Å². The molecule has 3 unspecified atom stereocenters. The van der Waals surface area contributed by atoms with E-state index in [1.165, 1.54) is 12.8 Å². The lowest BCUT2D eigenvalue weighted by atomic mass is 9.79. The predicted octanol–water partition coefficient (Wildman–Crippen LogP) is 3.33. The number of hydrogen-bond donors (Lipinski definition) is 1. The van der Waals surface area contributed by atoms with Gasteiger partial charge in [-0.1, -0.05) is 26.7 Å². The minimum absolute atomic E-state index is 0.333. The van der Waals surface area contributed by atoms with Gasteiger partial charge >= 0.3 is 0 Å². The first-order valence-electron chi connectivity index (χ1n) is 7.40. The largest absolute Gasteiger partial charge is 0.387 e. The Hall–Kier alpha value is -0.830. The molecule has 0 spiro atoms. The highest BCUT2D eigenvalue weighted by molar-refractivity contribution is 5.14. The minimum Gasteiger partial charge on any atom is -0.387 e. The van der Waals surface area contributed by atoms with Crippen LogP contribution in [0.3, 0.4) is 0 Å². The van der Waals surface area contributed by atoms with Crippen molar-refractivity contribution in [1.29, 1.82) is 0 Å². The van der Waals surface area contributed by atoms with Crippen LogP contribution in [0.25, 0.3) is 0 Å². The molecule has 1 fully saturated rings. The minimum atomic E-state index is -0.333. The molecule has 1 aromatic rings. The Balaban J connectivity index is 2.16. The SMILES string of the molecule is CCc1cc(C(O)C2CCCC(C)C2)n(CC)n1. The van der Waals surface area contributed by atoms with Crippen molar-refractivity contribution in [3.8, 4) is 0 Å². The van der Waals surface area contributed by atoms with E-state index in [-0.39, 0.29) is 6.10 Å². The fourth-order valence-electron chi connectivity index (χ4n) is 3.16. The van der Waals surface area contributed by atoms with Gasteiger partial charge < -0.3 is 5.11 Å². The summed E-state index contributed by atoms with van der Waals surface area (Å²) in [4.78, 5) is 0. The number of hydrogen-bond acceptors (Lipinski definition) is 2. The van der Waals surface area contributed by atoms with Crippen LogP contribution in [-0.2, 0) is 13.0 Å². The van der Waals surface area contributed by atoms with Crippen LogP contribution in [0.5, 0.6) is 0 Å². The molecule has 1 N–H and O–H groups in total. The molecule has 1 aromatic heterocycles. The van der Waals surface area contributed by atoms with Crippen molar-refractivity contribution in [1.82, 2.24) is 9.78 Å². The Bertz CT molecular complexity index is 386. The summed E-state index contributed by atoms with van der Waals surface area (Å²) < 4.78 is 1.97. The number of aryl methyl sites for hydroxylation is 2. The molecule has 1 aliphatic rings. The summed E-state index contributed by atoms with van der Waals surface area (Å²) in [6.45, 7) is 7.34. The summed E-state index contributed by atoms with van der Waals surface area (Å²) in [7, 11) is 0. The van der Waals surface area contributed by atoms with Gasteiger partial charge in [-0.05, 0) is 44.1 Å². The maximum atomic E-state index is 10.6. The standard InChI is InChI=1S/C15H26N2O/c1-4-13-10-14(17(5-2)16-13)15(18)12-8-6-7-11(3)9-12/h10-12,15,18H,4-9H2,1-3H3. The normalized spacial score (nSPS) is 26.2. The highest BCUT2D eigenvalue weighted by Gasteiger charge is 2.28. The zero-order chi connectivity index (χ0) is 13.1. The fourth-order valence-corrected chi connectivity index (χ4v) is 3.16. The number of rotatable bonds is 4. The van der Waals surface area contributed by atoms with Gasteiger partial charge in [0.15, 0.2) is 0 Å². The lowest BCUT2D eigenvalue weighted by molar-refractivity contribution is 0.0642. The average Bonchev–Trinajstić information content (AvgIpc) is 2.81. The second-order valence-electron chi connectivity index (χ2n) is 5.71. The van der Waals surface area contributed by atoms with Gasteiger partial charge in [-0.25, -0.2) is 0 Å². The summed E-state index contributed by atoms with van der Waals surface area (Å²) in [5.74, 6) is 1.17. The van der Waals surface area contributed by atoms with Gasteiger partial charge in [-0.15, -0.1) is 0 Å². The third kappa shape index (κ3) is 2.77. The van der Waals surface area contributed by atoms with Crippen LogP contribution in [0.15, 0.2) is 6.07 Å². The smallest absolute Gasteiger partial charge is 0.0984 e. The number of aliphatic hydroxyl groups excluding tert-OH is 1. The van der Waals surface area contributed by atoms with Crippen molar-refractivity contribution in [2.45, 2.75) is 65.5 Å². The zero-order valence-electron chi connectivity index (χ0n) is 11.9. The van der Waals surface area contributed by atoms with Gasteiger partial charge in [0, 0.05) is 6.54 Å². The Morgan fingerprint density at radius 1 is 1.44 bits per heavy atom. The second kappa shape index (κ2) is 5.87. The van der Waals surface area contributed by atoms with Gasteiger partial charge in [0.25, 0.3) is 0 Å². The molecule has 3 atom stereocenters. The zero-order valence-corrected chi connectivity index (χ0v) is 11.9. The lowest BCUT2D eigenvalue weighted by Crippen LogP contribution is -2.22. The number of aliphatic hydroxyl groups is 1. The number of nitrogens with zero attached hydrogens (tertiary/aromatic N) is 2. The molecule has 3 nitrogen and oxygen atoms in total. The molecular formula is C15H26N2O. The van der Waals surface area contributed by atoms with Gasteiger partial charge in [-0.3, -0.25) is 4.68 Å². The molecule has 1 saturated carbocycles. The number of aromatic nitrogens is 2. The van der Waals surface area contributed by atoms with E-state index in [0.717, 1.165) is 43.1 Å². The van der Waals surface area contributed by atoms with Crippen LogP contribution >= 0.6 is 0 Å². The van der Waals surface area contributed by atoms with Crippen LogP contribution < -0.4 is 0 Å². The van der Waals surface area contributed by atoms with Gasteiger partial charge in [-0.2, -0.15) is 5.10 Å². The third-order valence-electron chi connectivity index (χ3n) is 4.25. The first-order valence-corrected chi connectivity index (χ1v) is 7.40. The molecule has 0 amide bonds. The molecule has 18 heavy (non-hydrogen) atoms. The average molecular weight is 250 g/mol. The van der Waals surface area contributed by atoms with Crippen molar-refractivity contribution < 1.29 is 5.11 Å². The summed E-state index contributed by atoms with van der Waals surface area (Å²) in [5.41, 5.74) is 2.11. The summed E-state index contributed by atoms with van der Waals surface area (Å²) >= 11 is 0. The molecule has 0 saturated heterocycles. The van der Waals surface area contributed by atoms with E-state index >= 15 is 0 Å². The van der Waals surface area contributed by atoms with E-state index in [1.54, 1.807) is 0 Å². The molecule has 2 rings (SSSR count). The van der Waals surface area contributed by atoms with E-state index in [0.29, 0.717) is 5.92 Å². The molecule has 1 aliphatic carbocycles. The van der Waals surface area contributed by atoms with E-state index in [1.807, 2.05) is 4.68 Å². The summed E-state index contributed by atoms with van der Waals surface area (Å²) in [6, 6.07) is 2.09. The topological polar surface area (TPSA) is 38.0 Å². The molecule has 3 heteroatoms. The third-order valence-corrected chi connectivity index (χ3v) is 4.25. The maximum Gasteiger partial charge on any atom is 0.0984 e. The molecule has 1 heterocycles. The van der Waals surface area contributed by atoms with Crippen LogP contribution in [0.2, 0.25) is 0 Å². The van der Waals surface area contributed by atoms with Crippen LogP contribution in [0, 0.1) is 11.8 Å². The first-order chi connectivity index (χ1) is 8.65. The molecule has 102 valence electrons. The quantitative estimate of drug-likeness (QED) is 0.890. The van der Waals surface area contributed by atoms with Gasteiger partial charge in [0.2, 0.25) is 0 Å². The van der Waals surface area contributed by atoms with E-state index in [9.17, 15) is 5.11 Å². The predicted molar refractivity (Wildman–Crippen MR) is 73.4 cm³/mol. The molecule has 0 aromatic carbocycles. The second-order valence-corrected chi connectivity index (χ2v) is 5.71. The Kier molecular flexibility index (Phi) is 4.44. The summed E-state index contributed by atoms with van der Waals surface area (Å²) in [6.07, 6.45) is 5.48. The lowest BCUT2D eigenvalue weighted by Gasteiger charge is -2.30. The van der Waals surface area contributed by atoms with Gasteiger partial charge in [0.1, 0.15) is 0 Å². The summed E-state index contributed by atoms with van der Waals surface area (Å²) in [5, 5.41) is 15.2. The van der Waals surface area contributed by atoms with Crippen LogP contribution in [0.4, 0.5) is 0 Å². The molecule has 0 aliphatic heterocycles. The molecular weight excluding hydrogens is 224 g/mol.